The second kappa shape index (κ2) is 7.86. The molecule has 4 rings (SSSR count). The van der Waals surface area contributed by atoms with Gasteiger partial charge in [0.1, 0.15) is 23.7 Å². The van der Waals surface area contributed by atoms with Crippen LogP contribution in [0, 0.1) is 6.92 Å². The van der Waals surface area contributed by atoms with Crippen LogP contribution in [0.15, 0.2) is 64.4 Å². The van der Waals surface area contributed by atoms with Gasteiger partial charge in [0, 0.05) is 16.3 Å². The lowest BCUT2D eigenvalue weighted by Crippen LogP contribution is -2.26. The summed E-state index contributed by atoms with van der Waals surface area (Å²) in [5.41, 5.74) is 2.29. The summed E-state index contributed by atoms with van der Waals surface area (Å²) in [5.74, 6) is 1.27. The number of aryl methyl sites for hydroxylation is 1. The summed E-state index contributed by atoms with van der Waals surface area (Å²) in [6, 6.07) is 16.6. The summed E-state index contributed by atoms with van der Waals surface area (Å²) in [6.45, 7) is 4.29. The molecule has 28 heavy (non-hydrogen) atoms. The van der Waals surface area contributed by atoms with E-state index in [-0.39, 0.29) is 11.9 Å². The van der Waals surface area contributed by atoms with E-state index in [9.17, 15) is 4.79 Å². The molecule has 1 unspecified atom stereocenters. The molecule has 2 heterocycles. The quantitative estimate of drug-likeness (QED) is 0.486. The predicted molar refractivity (Wildman–Crippen MR) is 110 cm³/mol. The lowest BCUT2D eigenvalue weighted by molar-refractivity contribution is 0.0935. The topological polar surface area (TPSA) is 64.4 Å². The Morgan fingerprint density at radius 2 is 2.00 bits per heavy atom. The van der Waals surface area contributed by atoms with Gasteiger partial charge in [-0.1, -0.05) is 18.2 Å². The van der Waals surface area contributed by atoms with E-state index >= 15 is 0 Å². The molecule has 0 radical (unpaired) electrons. The number of furan rings is 1. The zero-order valence-corrected chi connectivity index (χ0v) is 16.5. The van der Waals surface area contributed by atoms with Crippen LogP contribution in [0.4, 0.5) is 0 Å². The molecule has 142 valence electrons. The molecular formula is C22H20N2O3S. The fraction of sp³-hybridized carbons (Fsp3) is 0.182. The van der Waals surface area contributed by atoms with Gasteiger partial charge < -0.3 is 14.5 Å². The minimum atomic E-state index is -0.233. The minimum absolute atomic E-state index is 0.158. The third-order valence-corrected chi connectivity index (χ3v) is 5.21. The lowest BCUT2D eigenvalue weighted by atomic mass is 10.1. The number of hydrogen-bond donors (Lipinski definition) is 1. The molecule has 0 saturated carbocycles. The summed E-state index contributed by atoms with van der Waals surface area (Å²) in [7, 11) is 0. The first-order valence-corrected chi connectivity index (χ1v) is 9.89. The molecule has 1 N–H and O–H groups in total. The highest BCUT2D eigenvalue weighted by molar-refractivity contribution is 7.09. The number of carbonyl (C=O) groups excluding carboxylic acids is 1. The number of fused-ring (bicyclic) bond motifs is 1. The van der Waals surface area contributed by atoms with Crippen molar-refractivity contribution in [1.82, 2.24) is 10.3 Å². The molecule has 1 amide bonds. The van der Waals surface area contributed by atoms with Gasteiger partial charge in [0.05, 0.1) is 16.7 Å². The first-order valence-electron chi connectivity index (χ1n) is 9.02. The largest absolute Gasteiger partial charge is 0.487 e. The summed E-state index contributed by atoms with van der Waals surface area (Å²) in [5, 5.41) is 7.00. The molecule has 4 aromatic rings. The van der Waals surface area contributed by atoms with Crippen molar-refractivity contribution in [3.05, 3.63) is 82.0 Å². The zero-order chi connectivity index (χ0) is 19.5. The number of nitrogens with one attached hydrogen (secondary N) is 1. The Bertz CT molecular complexity index is 1070. The molecule has 6 heteroatoms. The number of hydrogen-bond acceptors (Lipinski definition) is 5. The summed E-state index contributed by atoms with van der Waals surface area (Å²) in [4.78, 5) is 16.9. The molecule has 0 aliphatic carbocycles. The summed E-state index contributed by atoms with van der Waals surface area (Å²) in [6.07, 6.45) is 0. The second-order valence-corrected chi connectivity index (χ2v) is 7.61. The SMILES string of the molecule is Cc1nc(COc2ccc(C(=O)NC(C)c3cc4ccccc4o3)cc2)cs1. The van der Waals surface area contributed by atoms with Crippen molar-refractivity contribution in [3.63, 3.8) is 0 Å². The first-order chi connectivity index (χ1) is 13.6. The fourth-order valence-corrected chi connectivity index (χ4v) is 3.50. The van der Waals surface area contributed by atoms with Gasteiger partial charge in [0.2, 0.25) is 0 Å². The van der Waals surface area contributed by atoms with E-state index in [0.717, 1.165) is 27.4 Å². The Morgan fingerprint density at radius 3 is 2.71 bits per heavy atom. The van der Waals surface area contributed by atoms with Crippen LogP contribution in [0.1, 0.15) is 39.8 Å². The van der Waals surface area contributed by atoms with Gasteiger partial charge in [-0.3, -0.25) is 4.79 Å². The number of thiazole rings is 1. The van der Waals surface area contributed by atoms with Gasteiger partial charge in [-0.2, -0.15) is 0 Å². The van der Waals surface area contributed by atoms with Crippen LogP contribution in [0.3, 0.4) is 0 Å². The minimum Gasteiger partial charge on any atom is -0.487 e. The van der Waals surface area contributed by atoms with E-state index in [0.29, 0.717) is 17.9 Å². The van der Waals surface area contributed by atoms with Crippen LogP contribution < -0.4 is 10.1 Å². The van der Waals surface area contributed by atoms with Crippen LogP contribution in [-0.2, 0) is 6.61 Å². The van der Waals surface area contributed by atoms with E-state index in [4.69, 9.17) is 9.15 Å². The molecule has 5 nitrogen and oxygen atoms in total. The van der Waals surface area contributed by atoms with Gasteiger partial charge in [0.25, 0.3) is 5.91 Å². The van der Waals surface area contributed by atoms with Crippen molar-refractivity contribution in [1.29, 1.82) is 0 Å². The van der Waals surface area contributed by atoms with Crippen molar-refractivity contribution >= 4 is 28.2 Å². The molecule has 1 atom stereocenters. The first kappa shape index (κ1) is 18.3. The highest BCUT2D eigenvalue weighted by Crippen LogP contribution is 2.24. The molecule has 0 bridgehead atoms. The Morgan fingerprint density at radius 1 is 1.21 bits per heavy atom. The normalized spacial score (nSPS) is 12.1. The van der Waals surface area contributed by atoms with Gasteiger partial charge in [0.15, 0.2) is 0 Å². The van der Waals surface area contributed by atoms with Gasteiger partial charge >= 0.3 is 0 Å². The van der Waals surface area contributed by atoms with E-state index in [2.05, 4.69) is 10.3 Å². The molecule has 2 aromatic carbocycles. The number of amides is 1. The van der Waals surface area contributed by atoms with E-state index in [1.54, 1.807) is 35.6 Å². The standard InChI is InChI=1S/C22H20N2O3S/c1-14(21-11-17-5-3-4-6-20(17)27-21)23-22(25)16-7-9-19(10-8-16)26-12-18-13-28-15(2)24-18/h3-11,13-14H,12H2,1-2H3,(H,23,25). The average Bonchev–Trinajstić information content (AvgIpc) is 3.32. The summed E-state index contributed by atoms with van der Waals surface area (Å²) >= 11 is 1.60. The molecule has 0 spiro atoms. The second-order valence-electron chi connectivity index (χ2n) is 6.55. The number of aromatic nitrogens is 1. The highest BCUT2D eigenvalue weighted by atomic mass is 32.1. The number of carbonyl (C=O) groups is 1. The third-order valence-electron chi connectivity index (χ3n) is 4.39. The molecule has 0 aliphatic rings. The van der Waals surface area contributed by atoms with Crippen LogP contribution in [-0.4, -0.2) is 10.9 Å². The Balaban J connectivity index is 1.37. The number of ether oxygens (including phenoxy) is 1. The van der Waals surface area contributed by atoms with Crippen LogP contribution in [0.5, 0.6) is 5.75 Å². The molecule has 0 saturated heterocycles. The maximum Gasteiger partial charge on any atom is 0.251 e. The van der Waals surface area contributed by atoms with E-state index in [1.165, 1.54) is 0 Å². The Labute approximate surface area is 167 Å². The number of rotatable bonds is 6. The smallest absolute Gasteiger partial charge is 0.251 e. The highest BCUT2D eigenvalue weighted by Gasteiger charge is 2.15. The van der Waals surface area contributed by atoms with Crippen molar-refractivity contribution in [3.8, 4) is 5.75 Å². The Kier molecular flexibility index (Phi) is 5.12. The van der Waals surface area contributed by atoms with E-state index in [1.807, 2.05) is 49.6 Å². The van der Waals surface area contributed by atoms with Crippen molar-refractivity contribution in [2.24, 2.45) is 0 Å². The van der Waals surface area contributed by atoms with E-state index < -0.39 is 0 Å². The monoisotopic (exact) mass is 392 g/mol. The molecule has 2 aromatic heterocycles. The van der Waals surface area contributed by atoms with Crippen molar-refractivity contribution < 1.29 is 13.9 Å². The van der Waals surface area contributed by atoms with Gasteiger partial charge in [-0.05, 0) is 50.2 Å². The predicted octanol–water partition coefficient (Wildman–Crippen LogP) is 5.27. The molecular weight excluding hydrogens is 372 g/mol. The van der Waals surface area contributed by atoms with Crippen LogP contribution in [0.2, 0.25) is 0 Å². The van der Waals surface area contributed by atoms with Gasteiger partial charge in [-0.15, -0.1) is 11.3 Å². The molecule has 0 fully saturated rings. The summed E-state index contributed by atoms with van der Waals surface area (Å²) < 4.78 is 11.5. The third kappa shape index (κ3) is 4.07. The number of benzene rings is 2. The number of para-hydroxylation sites is 1. The van der Waals surface area contributed by atoms with Crippen molar-refractivity contribution in [2.45, 2.75) is 26.5 Å². The molecule has 0 aliphatic heterocycles. The number of nitrogens with zero attached hydrogens (tertiary/aromatic N) is 1. The average molecular weight is 392 g/mol. The maximum absolute atomic E-state index is 12.5. The van der Waals surface area contributed by atoms with Crippen LogP contribution >= 0.6 is 11.3 Å². The Hall–Kier alpha value is -3.12. The van der Waals surface area contributed by atoms with Crippen LogP contribution in [0.25, 0.3) is 11.0 Å². The van der Waals surface area contributed by atoms with Gasteiger partial charge in [-0.25, -0.2) is 4.98 Å². The fourth-order valence-electron chi connectivity index (χ4n) is 2.90. The zero-order valence-electron chi connectivity index (χ0n) is 15.6. The van der Waals surface area contributed by atoms with Crippen molar-refractivity contribution in [2.75, 3.05) is 0 Å². The lowest BCUT2D eigenvalue weighted by Gasteiger charge is -2.12. The maximum atomic E-state index is 12.5.